The van der Waals surface area contributed by atoms with Gasteiger partial charge in [0.25, 0.3) is 0 Å². The zero-order valence-corrected chi connectivity index (χ0v) is 30.7. The van der Waals surface area contributed by atoms with E-state index in [2.05, 4.69) is 121 Å². The SMILES string of the molecule is c1ccc(-c2nc(-c3ccccc3)nc(-c3cccc(-c4cccc(-c5cccc6c5oc5c6ccc6c(-c7ccccc7)nc7ccccc7c65)c4)c3)n2)cc1. The summed E-state index contributed by atoms with van der Waals surface area (Å²) in [5, 5.41) is 5.39. The lowest BCUT2D eigenvalue weighted by Gasteiger charge is -2.10. The molecular weight excluding hydrogens is 697 g/mol. The molecule has 0 radical (unpaired) electrons. The van der Waals surface area contributed by atoms with Gasteiger partial charge in [0.15, 0.2) is 17.5 Å². The Morgan fingerprint density at radius 3 is 1.46 bits per heavy atom. The number of para-hydroxylation sites is 2. The van der Waals surface area contributed by atoms with Gasteiger partial charge in [0.2, 0.25) is 0 Å². The van der Waals surface area contributed by atoms with Gasteiger partial charge in [-0.25, -0.2) is 19.9 Å². The van der Waals surface area contributed by atoms with Crippen LogP contribution in [-0.4, -0.2) is 19.9 Å². The number of fused-ring (bicyclic) bond motifs is 7. The maximum absolute atomic E-state index is 7.02. The number of rotatable bonds is 6. The van der Waals surface area contributed by atoms with Crippen molar-refractivity contribution < 1.29 is 4.42 Å². The smallest absolute Gasteiger partial charge is 0.164 e. The Kier molecular flexibility index (Phi) is 7.74. The molecule has 0 unspecified atom stereocenters. The van der Waals surface area contributed by atoms with Gasteiger partial charge in [-0.2, -0.15) is 0 Å². The lowest BCUT2D eigenvalue weighted by molar-refractivity contribution is 0.674. The van der Waals surface area contributed by atoms with Crippen LogP contribution in [0.5, 0.6) is 0 Å². The van der Waals surface area contributed by atoms with Gasteiger partial charge >= 0.3 is 0 Å². The Hall–Kier alpha value is -7.76. The number of hydrogen-bond acceptors (Lipinski definition) is 5. The first-order chi connectivity index (χ1) is 28.2. The zero-order valence-electron chi connectivity index (χ0n) is 30.7. The van der Waals surface area contributed by atoms with E-state index < -0.39 is 0 Å². The van der Waals surface area contributed by atoms with Crippen molar-refractivity contribution in [3.05, 3.63) is 194 Å². The van der Waals surface area contributed by atoms with Crippen molar-refractivity contribution in [2.24, 2.45) is 0 Å². The first-order valence-electron chi connectivity index (χ1n) is 19.1. The van der Waals surface area contributed by atoms with Crippen LogP contribution in [0.3, 0.4) is 0 Å². The molecule has 11 rings (SSSR count). The van der Waals surface area contributed by atoms with Crippen LogP contribution >= 0.6 is 0 Å². The first-order valence-corrected chi connectivity index (χ1v) is 19.1. The summed E-state index contributed by atoms with van der Waals surface area (Å²) in [6.07, 6.45) is 0. The lowest BCUT2D eigenvalue weighted by Crippen LogP contribution is -2.00. The van der Waals surface area contributed by atoms with Crippen LogP contribution in [0.4, 0.5) is 0 Å². The molecule has 0 saturated carbocycles. The third-order valence-electron chi connectivity index (χ3n) is 10.7. The second-order valence-electron chi connectivity index (χ2n) is 14.2. The van der Waals surface area contributed by atoms with E-state index in [4.69, 9.17) is 24.4 Å². The van der Waals surface area contributed by atoms with E-state index in [0.717, 1.165) is 93.8 Å². The highest BCUT2D eigenvalue weighted by atomic mass is 16.3. The maximum atomic E-state index is 7.02. The number of nitrogens with zero attached hydrogens (tertiary/aromatic N) is 4. The Morgan fingerprint density at radius 2 is 0.772 bits per heavy atom. The van der Waals surface area contributed by atoms with Gasteiger partial charge < -0.3 is 4.42 Å². The van der Waals surface area contributed by atoms with E-state index in [0.29, 0.717) is 17.5 Å². The van der Waals surface area contributed by atoms with E-state index in [1.165, 1.54) is 0 Å². The van der Waals surface area contributed by atoms with Crippen LogP contribution in [0.2, 0.25) is 0 Å². The third kappa shape index (κ3) is 5.72. The molecule has 0 amide bonds. The highest BCUT2D eigenvalue weighted by Crippen LogP contribution is 2.43. The molecule has 0 aliphatic carbocycles. The summed E-state index contributed by atoms with van der Waals surface area (Å²) >= 11 is 0. The summed E-state index contributed by atoms with van der Waals surface area (Å²) in [5.74, 6) is 1.90. The second kappa shape index (κ2) is 13.5. The molecule has 266 valence electrons. The minimum absolute atomic E-state index is 0.623. The minimum atomic E-state index is 0.623. The van der Waals surface area contributed by atoms with Crippen LogP contribution < -0.4 is 0 Å². The summed E-state index contributed by atoms with van der Waals surface area (Å²) in [5.41, 5.74) is 11.8. The average Bonchev–Trinajstić information content (AvgIpc) is 3.69. The van der Waals surface area contributed by atoms with Gasteiger partial charge in [-0.3, -0.25) is 0 Å². The van der Waals surface area contributed by atoms with Gasteiger partial charge in [-0.05, 0) is 41.0 Å². The van der Waals surface area contributed by atoms with Gasteiger partial charge in [0, 0.05) is 54.7 Å². The Labute approximate surface area is 328 Å². The highest BCUT2D eigenvalue weighted by molar-refractivity contribution is 6.25. The predicted octanol–water partition coefficient (Wildman–Crippen LogP) is 13.5. The standard InChI is InChI=1S/C52H32N4O/c1-4-15-33(16-5-1)47-44-30-29-42-41-27-14-26-40(48(41)57-49(42)46(44)43-25-10-11-28-45(43)53-47)38-23-12-21-36(31-38)37-22-13-24-39(32-37)52-55-50(34-17-6-2-7-18-34)54-51(56-52)35-19-8-3-9-20-35/h1-32H. The molecule has 5 nitrogen and oxygen atoms in total. The molecule has 0 aliphatic heterocycles. The molecule has 3 aromatic heterocycles. The number of pyridine rings is 1. The molecule has 0 spiro atoms. The van der Waals surface area contributed by atoms with E-state index in [1.807, 2.05) is 72.8 Å². The Morgan fingerprint density at radius 1 is 0.298 bits per heavy atom. The normalized spacial score (nSPS) is 11.5. The van der Waals surface area contributed by atoms with Crippen molar-refractivity contribution in [2.45, 2.75) is 0 Å². The lowest BCUT2D eigenvalue weighted by atomic mass is 9.96. The molecule has 5 heteroatoms. The number of aromatic nitrogens is 4. The summed E-state index contributed by atoms with van der Waals surface area (Å²) < 4.78 is 7.02. The first kappa shape index (κ1) is 32.7. The molecule has 11 aromatic rings. The summed E-state index contributed by atoms with van der Waals surface area (Å²) in [6, 6.07) is 66.8. The van der Waals surface area contributed by atoms with Crippen molar-refractivity contribution in [1.82, 2.24) is 19.9 Å². The second-order valence-corrected chi connectivity index (χ2v) is 14.2. The molecule has 0 atom stereocenters. The fraction of sp³-hybridized carbons (Fsp3) is 0. The van der Waals surface area contributed by atoms with E-state index in [1.54, 1.807) is 0 Å². The average molecular weight is 729 g/mol. The van der Waals surface area contributed by atoms with Gasteiger partial charge in [-0.1, -0.05) is 170 Å². The fourth-order valence-corrected chi connectivity index (χ4v) is 7.98. The zero-order chi connectivity index (χ0) is 37.7. The quantitative estimate of drug-likeness (QED) is 0.160. The van der Waals surface area contributed by atoms with Crippen LogP contribution in [0.1, 0.15) is 0 Å². The van der Waals surface area contributed by atoms with Gasteiger partial charge in [0.05, 0.1) is 11.2 Å². The van der Waals surface area contributed by atoms with Crippen molar-refractivity contribution in [2.75, 3.05) is 0 Å². The number of furan rings is 1. The Balaban J connectivity index is 1.04. The van der Waals surface area contributed by atoms with Gasteiger partial charge in [-0.15, -0.1) is 0 Å². The molecule has 3 heterocycles. The van der Waals surface area contributed by atoms with Crippen molar-refractivity contribution in [1.29, 1.82) is 0 Å². The predicted molar refractivity (Wildman–Crippen MR) is 233 cm³/mol. The van der Waals surface area contributed by atoms with E-state index in [-0.39, 0.29) is 0 Å². The fourth-order valence-electron chi connectivity index (χ4n) is 7.98. The van der Waals surface area contributed by atoms with Crippen LogP contribution in [0.25, 0.3) is 111 Å². The largest absolute Gasteiger partial charge is 0.455 e. The van der Waals surface area contributed by atoms with Crippen molar-refractivity contribution in [3.8, 4) is 67.7 Å². The van der Waals surface area contributed by atoms with Crippen molar-refractivity contribution >= 4 is 43.6 Å². The van der Waals surface area contributed by atoms with Crippen LogP contribution in [0.15, 0.2) is 199 Å². The molecule has 57 heavy (non-hydrogen) atoms. The monoisotopic (exact) mass is 728 g/mol. The van der Waals surface area contributed by atoms with Gasteiger partial charge in [0.1, 0.15) is 11.2 Å². The molecular formula is C52H32N4O. The topological polar surface area (TPSA) is 64.7 Å². The van der Waals surface area contributed by atoms with Crippen LogP contribution in [-0.2, 0) is 0 Å². The number of hydrogen-bond donors (Lipinski definition) is 0. The summed E-state index contributed by atoms with van der Waals surface area (Å²) in [7, 11) is 0. The van der Waals surface area contributed by atoms with E-state index >= 15 is 0 Å². The van der Waals surface area contributed by atoms with Crippen LogP contribution in [0, 0.1) is 0 Å². The molecule has 8 aromatic carbocycles. The van der Waals surface area contributed by atoms with Crippen molar-refractivity contribution in [3.63, 3.8) is 0 Å². The van der Waals surface area contributed by atoms with E-state index in [9.17, 15) is 0 Å². The summed E-state index contributed by atoms with van der Waals surface area (Å²) in [4.78, 5) is 20.0. The molecule has 0 saturated heterocycles. The highest BCUT2D eigenvalue weighted by Gasteiger charge is 2.19. The molecule has 0 fully saturated rings. The molecule has 0 aliphatic rings. The Bertz CT molecular complexity index is 3230. The minimum Gasteiger partial charge on any atom is -0.455 e. The third-order valence-corrected chi connectivity index (χ3v) is 10.7. The maximum Gasteiger partial charge on any atom is 0.164 e. The number of benzene rings is 8. The molecule has 0 N–H and O–H groups in total. The summed E-state index contributed by atoms with van der Waals surface area (Å²) in [6.45, 7) is 0. The molecule has 0 bridgehead atoms.